The summed E-state index contributed by atoms with van der Waals surface area (Å²) in [6.07, 6.45) is 15.7. The molecule has 40 heavy (non-hydrogen) atoms. The standard InChI is InChI=1S/C32H55N3O4S/c1-5-7-8-9-10-11-12-13-14-15-24-33-30(36)19-16-25-34-31(37)29-18-17-26-35(29)40(38,39)28-22-20-27(21-23-28)32(3,4)6-2/h20-23,29H,5-19,24-26H2,1-4H3,(H,33,36)(H,34,37). The summed E-state index contributed by atoms with van der Waals surface area (Å²) in [7, 11) is -3.76. The summed E-state index contributed by atoms with van der Waals surface area (Å²) in [5.74, 6) is -0.277. The molecule has 7 nitrogen and oxygen atoms in total. The first kappa shape index (κ1) is 34.3. The highest BCUT2D eigenvalue weighted by Crippen LogP contribution is 2.30. The van der Waals surface area contributed by atoms with Crippen molar-refractivity contribution in [3.8, 4) is 0 Å². The average molecular weight is 578 g/mol. The molecule has 0 radical (unpaired) electrons. The minimum atomic E-state index is -3.76. The van der Waals surface area contributed by atoms with Crippen molar-refractivity contribution in [2.45, 2.75) is 140 Å². The fraction of sp³-hybridized carbons (Fsp3) is 0.750. The summed E-state index contributed by atoms with van der Waals surface area (Å²) in [4.78, 5) is 25.2. The average Bonchev–Trinajstić information content (AvgIpc) is 3.45. The molecule has 1 unspecified atom stereocenters. The van der Waals surface area contributed by atoms with Crippen molar-refractivity contribution in [3.05, 3.63) is 29.8 Å². The number of benzene rings is 1. The molecule has 1 aromatic carbocycles. The van der Waals surface area contributed by atoms with Gasteiger partial charge in [0, 0.05) is 26.1 Å². The Bertz CT molecular complexity index is 992. The highest BCUT2D eigenvalue weighted by molar-refractivity contribution is 7.89. The molecule has 1 heterocycles. The Hall–Kier alpha value is -1.93. The maximum Gasteiger partial charge on any atom is 0.243 e. The van der Waals surface area contributed by atoms with E-state index in [4.69, 9.17) is 0 Å². The zero-order valence-electron chi connectivity index (χ0n) is 25.6. The molecule has 0 spiro atoms. The van der Waals surface area contributed by atoms with Crippen LogP contribution in [0.4, 0.5) is 0 Å². The van der Waals surface area contributed by atoms with Gasteiger partial charge in [-0.25, -0.2) is 8.42 Å². The summed E-state index contributed by atoms with van der Waals surface area (Å²) >= 11 is 0. The molecule has 0 bridgehead atoms. The Morgan fingerprint density at radius 3 is 2.02 bits per heavy atom. The lowest BCUT2D eigenvalue weighted by Crippen LogP contribution is -2.46. The summed E-state index contributed by atoms with van der Waals surface area (Å²) < 4.78 is 28.0. The molecule has 0 aromatic heterocycles. The van der Waals surface area contributed by atoms with Gasteiger partial charge in [-0.1, -0.05) is 97.6 Å². The fourth-order valence-electron chi connectivity index (χ4n) is 5.21. The van der Waals surface area contributed by atoms with E-state index >= 15 is 0 Å². The Morgan fingerprint density at radius 2 is 1.43 bits per heavy atom. The van der Waals surface area contributed by atoms with E-state index in [0.717, 1.165) is 24.8 Å². The SMILES string of the molecule is CCCCCCCCCCCCNC(=O)CCCNC(=O)C1CCCN1S(=O)(=O)c1ccc(C(C)(C)CC)cc1. The van der Waals surface area contributed by atoms with E-state index < -0.39 is 16.1 Å². The number of sulfonamides is 1. The lowest BCUT2D eigenvalue weighted by Gasteiger charge is -2.25. The van der Waals surface area contributed by atoms with Gasteiger partial charge in [-0.15, -0.1) is 0 Å². The van der Waals surface area contributed by atoms with Gasteiger partial charge in [-0.3, -0.25) is 9.59 Å². The number of carbonyl (C=O) groups excluding carboxylic acids is 2. The predicted molar refractivity (Wildman–Crippen MR) is 164 cm³/mol. The molecule has 2 amide bonds. The number of nitrogens with zero attached hydrogens (tertiary/aromatic N) is 1. The third-order valence-electron chi connectivity index (χ3n) is 8.36. The maximum absolute atomic E-state index is 13.3. The second-order valence-electron chi connectivity index (χ2n) is 12.0. The van der Waals surface area contributed by atoms with Crippen LogP contribution >= 0.6 is 0 Å². The minimum Gasteiger partial charge on any atom is -0.356 e. The van der Waals surface area contributed by atoms with Gasteiger partial charge in [0.2, 0.25) is 21.8 Å². The molecule has 1 fully saturated rings. The molecule has 2 rings (SSSR count). The molecular formula is C32H55N3O4S. The number of unbranched alkanes of at least 4 members (excludes halogenated alkanes) is 9. The predicted octanol–water partition coefficient (Wildman–Crippen LogP) is 6.46. The fourth-order valence-corrected chi connectivity index (χ4v) is 6.87. The van der Waals surface area contributed by atoms with Gasteiger partial charge in [0.1, 0.15) is 6.04 Å². The van der Waals surface area contributed by atoms with Crippen LogP contribution in [0.1, 0.15) is 130 Å². The molecule has 8 heteroatoms. The maximum atomic E-state index is 13.3. The molecular weight excluding hydrogens is 522 g/mol. The van der Waals surface area contributed by atoms with Crippen LogP contribution < -0.4 is 10.6 Å². The number of hydrogen-bond donors (Lipinski definition) is 2. The third kappa shape index (κ3) is 11.2. The van der Waals surface area contributed by atoms with Gasteiger partial charge in [0.25, 0.3) is 0 Å². The van der Waals surface area contributed by atoms with E-state index in [1.807, 2.05) is 12.1 Å². The molecule has 1 atom stereocenters. The number of nitrogens with one attached hydrogen (secondary N) is 2. The van der Waals surface area contributed by atoms with Gasteiger partial charge in [-0.2, -0.15) is 4.31 Å². The zero-order valence-corrected chi connectivity index (χ0v) is 26.4. The quantitative estimate of drug-likeness (QED) is 0.174. The number of amides is 2. The van der Waals surface area contributed by atoms with Crippen LogP contribution in [0.2, 0.25) is 0 Å². The lowest BCUT2D eigenvalue weighted by atomic mass is 9.82. The molecule has 2 N–H and O–H groups in total. The molecule has 0 saturated carbocycles. The second kappa shape index (κ2) is 17.8. The van der Waals surface area contributed by atoms with Gasteiger partial charge < -0.3 is 10.6 Å². The van der Waals surface area contributed by atoms with Crippen LogP contribution in [0.25, 0.3) is 0 Å². The van der Waals surface area contributed by atoms with E-state index in [-0.39, 0.29) is 22.1 Å². The Morgan fingerprint density at radius 1 is 0.850 bits per heavy atom. The molecule has 228 valence electrons. The van der Waals surface area contributed by atoms with Gasteiger partial charge in [0.05, 0.1) is 4.90 Å². The first-order valence-electron chi connectivity index (χ1n) is 15.8. The topological polar surface area (TPSA) is 95.6 Å². The van der Waals surface area contributed by atoms with Crippen molar-refractivity contribution in [2.75, 3.05) is 19.6 Å². The van der Waals surface area contributed by atoms with Crippen molar-refractivity contribution in [2.24, 2.45) is 0 Å². The van der Waals surface area contributed by atoms with Crippen molar-refractivity contribution in [1.82, 2.24) is 14.9 Å². The van der Waals surface area contributed by atoms with Crippen LogP contribution in [-0.4, -0.2) is 50.2 Å². The van der Waals surface area contributed by atoms with E-state index in [1.165, 1.54) is 55.7 Å². The lowest BCUT2D eigenvalue weighted by molar-refractivity contribution is -0.125. The normalized spacial score (nSPS) is 16.2. The van der Waals surface area contributed by atoms with E-state index in [9.17, 15) is 18.0 Å². The summed E-state index contributed by atoms with van der Waals surface area (Å²) in [5, 5.41) is 5.83. The number of carbonyl (C=O) groups is 2. The van der Waals surface area contributed by atoms with Gasteiger partial charge in [0.15, 0.2) is 0 Å². The van der Waals surface area contributed by atoms with E-state index in [2.05, 4.69) is 38.3 Å². The van der Waals surface area contributed by atoms with Crippen molar-refractivity contribution < 1.29 is 18.0 Å². The van der Waals surface area contributed by atoms with Crippen molar-refractivity contribution in [3.63, 3.8) is 0 Å². The second-order valence-corrected chi connectivity index (χ2v) is 13.9. The molecule has 0 aliphatic carbocycles. The molecule has 1 aliphatic rings. The van der Waals surface area contributed by atoms with E-state index in [0.29, 0.717) is 45.3 Å². The van der Waals surface area contributed by atoms with Crippen LogP contribution in [0, 0.1) is 0 Å². The number of rotatable bonds is 20. The molecule has 1 aliphatic heterocycles. The zero-order chi connectivity index (χ0) is 29.4. The van der Waals surface area contributed by atoms with Crippen LogP contribution in [0.3, 0.4) is 0 Å². The van der Waals surface area contributed by atoms with Crippen molar-refractivity contribution in [1.29, 1.82) is 0 Å². The Kier molecular flexibility index (Phi) is 15.2. The molecule has 1 saturated heterocycles. The monoisotopic (exact) mass is 577 g/mol. The summed E-state index contributed by atoms with van der Waals surface area (Å²) in [6.45, 7) is 10.0. The first-order valence-corrected chi connectivity index (χ1v) is 17.2. The van der Waals surface area contributed by atoms with E-state index in [1.54, 1.807) is 12.1 Å². The summed E-state index contributed by atoms with van der Waals surface area (Å²) in [6, 6.07) is 6.36. The van der Waals surface area contributed by atoms with Gasteiger partial charge >= 0.3 is 0 Å². The largest absolute Gasteiger partial charge is 0.356 e. The Balaban J connectivity index is 1.65. The number of hydrogen-bond acceptors (Lipinski definition) is 4. The Labute approximate surface area is 244 Å². The van der Waals surface area contributed by atoms with Gasteiger partial charge in [-0.05, 0) is 55.2 Å². The van der Waals surface area contributed by atoms with Crippen LogP contribution in [0.5, 0.6) is 0 Å². The van der Waals surface area contributed by atoms with Crippen LogP contribution in [-0.2, 0) is 25.0 Å². The van der Waals surface area contributed by atoms with Crippen molar-refractivity contribution >= 4 is 21.8 Å². The highest BCUT2D eigenvalue weighted by atomic mass is 32.2. The van der Waals surface area contributed by atoms with Crippen LogP contribution in [0.15, 0.2) is 29.2 Å². The third-order valence-corrected chi connectivity index (χ3v) is 10.3. The molecule has 1 aromatic rings. The smallest absolute Gasteiger partial charge is 0.243 e. The highest BCUT2D eigenvalue weighted by Gasteiger charge is 2.39. The minimum absolute atomic E-state index is 0.00458. The summed E-state index contributed by atoms with van der Waals surface area (Å²) in [5.41, 5.74) is 1.07. The first-order chi connectivity index (χ1) is 19.1.